The third-order valence-corrected chi connectivity index (χ3v) is 7.19. The molecule has 0 saturated carbocycles. The molecule has 0 aliphatic heterocycles. The molecule has 1 aromatic rings. The molecule has 1 aromatic carbocycles. The van der Waals surface area contributed by atoms with E-state index in [9.17, 15) is 54.0 Å². The van der Waals surface area contributed by atoms with Crippen molar-refractivity contribution in [3.63, 3.8) is 0 Å². The van der Waals surface area contributed by atoms with E-state index < -0.39 is 103 Å². The van der Waals surface area contributed by atoms with Crippen molar-refractivity contribution in [1.82, 2.24) is 16.0 Å². The van der Waals surface area contributed by atoms with Gasteiger partial charge in [0.05, 0.1) is 32.0 Å². The van der Waals surface area contributed by atoms with Gasteiger partial charge in [0.2, 0.25) is 11.8 Å². The molecule has 0 fully saturated rings. The summed E-state index contributed by atoms with van der Waals surface area (Å²) >= 11 is 0. The molecule has 0 saturated heterocycles. The lowest BCUT2D eigenvalue weighted by molar-refractivity contribution is -0.146. The number of carbonyl (C=O) groups is 7. The molecular weight excluding hydrogens is 608 g/mol. The molecule has 0 aliphatic carbocycles. The lowest BCUT2D eigenvalue weighted by atomic mass is 9.83. The number of aliphatic hydroxyl groups excluding tert-OH is 1. The van der Waals surface area contributed by atoms with Crippen LogP contribution in [0.1, 0.15) is 64.9 Å². The fourth-order valence-electron chi connectivity index (χ4n) is 4.67. The van der Waals surface area contributed by atoms with Crippen LogP contribution < -0.4 is 26.4 Å². The van der Waals surface area contributed by atoms with Crippen molar-refractivity contribution in [2.24, 2.45) is 11.7 Å². The number of benzene rings is 1. The fraction of sp³-hybridized carbons (Fsp3) is 0.567. The maximum atomic E-state index is 13.5. The van der Waals surface area contributed by atoms with E-state index in [1.165, 1.54) is 7.11 Å². The molecule has 16 nitrogen and oxygen atoms in total. The van der Waals surface area contributed by atoms with Crippen molar-refractivity contribution in [1.29, 1.82) is 0 Å². The summed E-state index contributed by atoms with van der Waals surface area (Å²) in [6, 6.07) is 2.74. The summed E-state index contributed by atoms with van der Waals surface area (Å²) in [5.74, 6) is -8.09. The van der Waals surface area contributed by atoms with E-state index >= 15 is 0 Å². The average Bonchev–Trinajstić information content (AvgIpc) is 2.96. The number of aryl methyl sites for hydroxylation is 1. The Balaban J connectivity index is 3.18. The first-order chi connectivity index (χ1) is 21.4. The van der Waals surface area contributed by atoms with E-state index in [1.54, 1.807) is 26.0 Å². The van der Waals surface area contributed by atoms with E-state index in [1.807, 2.05) is 12.1 Å². The molecule has 46 heavy (non-hydrogen) atoms. The number of ketones is 2. The zero-order valence-electron chi connectivity index (χ0n) is 26.3. The maximum Gasteiger partial charge on any atom is 0.305 e. The molecule has 16 heteroatoms. The number of Topliss-reactive ketones (excluding diaryl/α,β-unsaturated/α-hetero) is 2. The first-order valence-corrected chi connectivity index (χ1v) is 14.6. The Hall–Kier alpha value is -4.41. The van der Waals surface area contributed by atoms with Crippen molar-refractivity contribution < 1.29 is 58.7 Å². The number of aliphatic carboxylic acids is 3. The highest BCUT2D eigenvalue weighted by atomic mass is 16.5. The second-order valence-corrected chi connectivity index (χ2v) is 11.3. The summed E-state index contributed by atoms with van der Waals surface area (Å²) in [6.07, 6.45) is -4.12. The van der Waals surface area contributed by atoms with Gasteiger partial charge in [-0.2, -0.15) is 0 Å². The molecule has 2 amide bonds. The molecule has 2 unspecified atom stereocenters. The van der Waals surface area contributed by atoms with Crippen LogP contribution >= 0.6 is 0 Å². The Bertz CT molecular complexity index is 1240. The second kappa shape index (κ2) is 18.5. The summed E-state index contributed by atoms with van der Waals surface area (Å²) in [5.41, 5.74) is 4.42. The Morgan fingerprint density at radius 1 is 0.870 bits per heavy atom. The summed E-state index contributed by atoms with van der Waals surface area (Å²) in [5, 5.41) is 45.9. The zero-order chi connectivity index (χ0) is 35.2. The Kier molecular flexibility index (Phi) is 16.0. The minimum atomic E-state index is -2.66. The molecule has 5 atom stereocenters. The van der Waals surface area contributed by atoms with Crippen LogP contribution in [0.4, 0.5) is 0 Å². The quantitative estimate of drug-likeness (QED) is 0.0584. The monoisotopic (exact) mass is 652 g/mol. The molecule has 0 bridgehead atoms. The minimum absolute atomic E-state index is 0.0356. The van der Waals surface area contributed by atoms with Crippen LogP contribution in [-0.2, 0) is 40.0 Å². The summed E-state index contributed by atoms with van der Waals surface area (Å²) in [4.78, 5) is 85.8. The zero-order valence-corrected chi connectivity index (χ0v) is 26.3. The van der Waals surface area contributed by atoms with Gasteiger partial charge in [-0.15, -0.1) is 0 Å². The van der Waals surface area contributed by atoms with E-state index in [0.717, 1.165) is 12.5 Å². The van der Waals surface area contributed by atoms with E-state index in [4.69, 9.17) is 10.5 Å². The summed E-state index contributed by atoms with van der Waals surface area (Å²) < 4.78 is 5.12. The molecule has 9 N–H and O–H groups in total. The molecule has 0 spiro atoms. The number of carboxylic acids is 3. The standard InChI is InChI=1S/C30H44N4O12/c1-16(2)26(34-29(45)30(31,13-12-23(37)38)27(43)21(15-25(41)42)32-17(3)35)28(44)33-20(14-24(39)40)22(36)7-5-6-18-8-10-19(46-4)11-9-18/h8-11,16,20-21,26,28,33,44H,5-7,12-15,31H2,1-4H3,(H,32,35)(H,34,45)(H,37,38)(H,39,40)(H,41,42)/t20-,21-,26-,28?,30?/m0/s1. The topological polar surface area (TPSA) is 272 Å². The molecule has 1 rings (SSSR count). The van der Waals surface area contributed by atoms with Crippen LogP contribution in [0, 0.1) is 5.92 Å². The second-order valence-electron chi connectivity index (χ2n) is 11.3. The number of hydrogen-bond donors (Lipinski definition) is 8. The normalized spacial score (nSPS) is 15.0. The number of nitrogens with two attached hydrogens (primary N) is 1. The van der Waals surface area contributed by atoms with Crippen molar-refractivity contribution in [2.75, 3.05) is 7.11 Å². The molecule has 0 heterocycles. The number of rotatable bonds is 22. The van der Waals surface area contributed by atoms with Crippen LogP contribution in [0.2, 0.25) is 0 Å². The predicted molar refractivity (Wildman–Crippen MR) is 162 cm³/mol. The van der Waals surface area contributed by atoms with E-state index in [2.05, 4.69) is 16.0 Å². The summed E-state index contributed by atoms with van der Waals surface area (Å²) in [6.45, 7) is 4.11. The van der Waals surface area contributed by atoms with E-state index in [0.29, 0.717) is 18.6 Å². The molecular formula is C30H44N4O12. The number of hydrogen-bond acceptors (Lipinski definition) is 11. The van der Waals surface area contributed by atoms with Gasteiger partial charge in [-0.25, -0.2) is 0 Å². The van der Waals surface area contributed by atoms with Gasteiger partial charge in [0.15, 0.2) is 11.3 Å². The molecule has 0 radical (unpaired) electrons. The average molecular weight is 653 g/mol. The number of carbonyl (C=O) groups excluding carboxylic acids is 4. The van der Waals surface area contributed by atoms with Crippen LogP contribution in [0.25, 0.3) is 0 Å². The van der Waals surface area contributed by atoms with Gasteiger partial charge in [-0.1, -0.05) is 26.0 Å². The lowest BCUT2D eigenvalue weighted by Crippen LogP contribution is -2.68. The third kappa shape index (κ3) is 12.9. The van der Waals surface area contributed by atoms with E-state index in [-0.39, 0.29) is 6.42 Å². The summed E-state index contributed by atoms with van der Waals surface area (Å²) in [7, 11) is 1.53. The van der Waals surface area contributed by atoms with Gasteiger partial charge >= 0.3 is 17.9 Å². The number of methoxy groups -OCH3 is 1. The Morgan fingerprint density at radius 2 is 1.43 bits per heavy atom. The van der Waals surface area contributed by atoms with Crippen LogP contribution in [-0.4, -0.2) is 98.7 Å². The smallest absolute Gasteiger partial charge is 0.305 e. The van der Waals surface area contributed by atoms with Crippen molar-refractivity contribution in [3.8, 4) is 5.75 Å². The highest BCUT2D eigenvalue weighted by Gasteiger charge is 2.47. The van der Waals surface area contributed by atoms with Crippen LogP contribution in [0.15, 0.2) is 24.3 Å². The van der Waals surface area contributed by atoms with Gasteiger partial charge in [0.1, 0.15) is 23.8 Å². The number of nitrogens with one attached hydrogen (secondary N) is 3. The van der Waals surface area contributed by atoms with Crippen LogP contribution in [0.5, 0.6) is 5.75 Å². The predicted octanol–water partition coefficient (Wildman–Crippen LogP) is -0.410. The third-order valence-electron chi connectivity index (χ3n) is 7.19. The SMILES string of the molecule is COc1ccc(CCCC(=O)[C@H](CC(=O)O)NC(O)[C@@H](NC(=O)C(N)(CCC(=O)O)C(=O)[C@H](CC(=O)O)NC(C)=O)C(C)C)cc1. The molecule has 256 valence electrons. The first kappa shape index (κ1) is 39.6. The van der Waals surface area contributed by atoms with Crippen LogP contribution in [0.3, 0.4) is 0 Å². The van der Waals surface area contributed by atoms with Gasteiger partial charge < -0.3 is 41.5 Å². The number of carboxylic acid groups (broad SMARTS) is 3. The highest BCUT2D eigenvalue weighted by Crippen LogP contribution is 2.19. The lowest BCUT2D eigenvalue weighted by Gasteiger charge is -2.35. The number of ether oxygens (including phenoxy) is 1. The Labute approximate surface area is 266 Å². The maximum absolute atomic E-state index is 13.5. The largest absolute Gasteiger partial charge is 0.497 e. The van der Waals surface area contributed by atoms with Crippen molar-refractivity contribution >= 4 is 41.3 Å². The molecule has 0 aromatic heterocycles. The Morgan fingerprint density at radius 3 is 1.91 bits per heavy atom. The minimum Gasteiger partial charge on any atom is -0.497 e. The van der Waals surface area contributed by atoms with Crippen molar-refractivity contribution in [3.05, 3.63) is 29.8 Å². The van der Waals surface area contributed by atoms with Gasteiger partial charge in [-0.05, 0) is 42.9 Å². The van der Waals surface area contributed by atoms with Gasteiger partial charge in [0, 0.05) is 19.8 Å². The first-order valence-electron chi connectivity index (χ1n) is 14.6. The number of aliphatic hydroxyl groups is 1. The van der Waals surface area contributed by atoms with Crippen molar-refractivity contribution in [2.45, 2.75) is 95.6 Å². The van der Waals surface area contributed by atoms with Gasteiger partial charge in [0.25, 0.3) is 0 Å². The van der Waals surface area contributed by atoms with Gasteiger partial charge in [-0.3, -0.25) is 38.9 Å². The highest BCUT2D eigenvalue weighted by molar-refractivity contribution is 6.14. The number of amides is 2. The fourth-order valence-corrected chi connectivity index (χ4v) is 4.67. The molecule has 0 aliphatic rings.